The maximum Gasteiger partial charge on any atom is 0.307 e. The summed E-state index contributed by atoms with van der Waals surface area (Å²) in [5.74, 6) is -0.820. The molecule has 5 heteroatoms. The van der Waals surface area contributed by atoms with E-state index in [0.717, 1.165) is 25.8 Å². The van der Waals surface area contributed by atoms with Gasteiger partial charge in [-0.15, -0.1) is 0 Å². The Bertz CT molecular complexity index is 609. The Balaban J connectivity index is 2.17. The number of rotatable bonds is 5. The van der Waals surface area contributed by atoms with Crippen LogP contribution in [0, 0.1) is 0 Å². The second kappa shape index (κ2) is 6.90. The molecule has 0 amide bonds. The van der Waals surface area contributed by atoms with Gasteiger partial charge in [-0.3, -0.25) is 4.79 Å². The third kappa shape index (κ3) is 3.84. The van der Waals surface area contributed by atoms with E-state index in [1.165, 1.54) is 0 Å². The Labute approximate surface area is 134 Å². The number of halogens is 2. The van der Waals surface area contributed by atoms with Crippen molar-refractivity contribution in [2.45, 2.75) is 13.0 Å². The fourth-order valence-corrected chi connectivity index (χ4v) is 3.19. The predicted octanol–water partition coefficient (Wildman–Crippen LogP) is 4.45. The maximum absolute atomic E-state index is 10.9. The van der Waals surface area contributed by atoms with Gasteiger partial charge in [-0.05, 0) is 55.1 Å². The molecule has 0 saturated carbocycles. The highest BCUT2D eigenvalue weighted by Crippen LogP contribution is 2.31. The lowest BCUT2D eigenvalue weighted by molar-refractivity contribution is -0.136. The fourth-order valence-electron chi connectivity index (χ4n) is 1.92. The minimum absolute atomic E-state index is 0.0367. The first kappa shape index (κ1) is 15.1. The van der Waals surface area contributed by atoms with Gasteiger partial charge >= 0.3 is 5.97 Å². The van der Waals surface area contributed by atoms with Crippen LogP contribution in [-0.2, 0) is 17.8 Å². The molecule has 0 aliphatic carbocycles. The minimum Gasteiger partial charge on any atom is -0.481 e. The van der Waals surface area contributed by atoms with Crippen molar-refractivity contribution in [2.75, 3.05) is 5.32 Å². The van der Waals surface area contributed by atoms with Gasteiger partial charge in [0.25, 0.3) is 0 Å². The summed E-state index contributed by atoms with van der Waals surface area (Å²) < 4.78 is 1.92. The van der Waals surface area contributed by atoms with Crippen LogP contribution in [-0.4, -0.2) is 11.1 Å². The first-order chi connectivity index (χ1) is 9.58. The molecule has 0 atom stereocenters. The second-order valence-corrected chi connectivity index (χ2v) is 6.00. The summed E-state index contributed by atoms with van der Waals surface area (Å²) in [6, 6.07) is 13.4. The zero-order chi connectivity index (χ0) is 14.5. The van der Waals surface area contributed by atoms with Crippen molar-refractivity contribution in [3.05, 3.63) is 62.5 Å². The van der Waals surface area contributed by atoms with Crippen LogP contribution in [0.3, 0.4) is 0 Å². The molecular weight excluding hydrogens is 386 g/mol. The van der Waals surface area contributed by atoms with Gasteiger partial charge in [0.05, 0.1) is 12.1 Å². The van der Waals surface area contributed by atoms with E-state index in [1.54, 1.807) is 0 Å². The summed E-state index contributed by atoms with van der Waals surface area (Å²) in [5.41, 5.74) is 2.77. The molecule has 2 aromatic carbocycles. The van der Waals surface area contributed by atoms with Crippen LogP contribution in [0.15, 0.2) is 51.4 Å². The molecule has 0 unspecified atom stereocenters. The summed E-state index contributed by atoms with van der Waals surface area (Å²) in [6.07, 6.45) is 0.0367. The van der Waals surface area contributed by atoms with Crippen molar-refractivity contribution in [1.29, 1.82) is 0 Å². The van der Waals surface area contributed by atoms with Crippen molar-refractivity contribution in [3.63, 3.8) is 0 Å². The molecule has 104 valence electrons. The molecule has 20 heavy (non-hydrogen) atoms. The monoisotopic (exact) mass is 397 g/mol. The highest BCUT2D eigenvalue weighted by atomic mass is 79.9. The standard InChI is InChI=1S/C15H13Br2NO2/c16-12-6-3-7-13(17)15(12)18-9-11-5-2-1-4-10(11)8-14(19)20/h1-7,18H,8-9H2,(H,19,20). The average molecular weight is 399 g/mol. The molecule has 0 radical (unpaired) electrons. The predicted molar refractivity (Wildman–Crippen MR) is 87.0 cm³/mol. The number of hydrogen-bond donors (Lipinski definition) is 2. The zero-order valence-corrected chi connectivity index (χ0v) is 13.7. The summed E-state index contributed by atoms with van der Waals surface area (Å²) in [5, 5.41) is 12.3. The third-order valence-corrected chi connectivity index (χ3v) is 4.20. The van der Waals surface area contributed by atoms with Gasteiger partial charge in [0, 0.05) is 15.5 Å². The van der Waals surface area contributed by atoms with Gasteiger partial charge < -0.3 is 10.4 Å². The first-order valence-electron chi connectivity index (χ1n) is 6.04. The Hall–Kier alpha value is -1.33. The molecule has 0 aliphatic rings. The zero-order valence-electron chi connectivity index (χ0n) is 10.6. The van der Waals surface area contributed by atoms with Gasteiger partial charge in [-0.2, -0.15) is 0 Å². The Kier molecular flexibility index (Phi) is 5.20. The van der Waals surface area contributed by atoms with Crippen LogP contribution in [0.1, 0.15) is 11.1 Å². The minimum atomic E-state index is -0.820. The number of carboxylic acid groups (broad SMARTS) is 1. The Morgan fingerprint density at radius 2 is 1.60 bits per heavy atom. The number of carbonyl (C=O) groups is 1. The van der Waals surface area contributed by atoms with Crippen molar-refractivity contribution in [1.82, 2.24) is 0 Å². The highest BCUT2D eigenvalue weighted by Gasteiger charge is 2.08. The molecule has 0 saturated heterocycles. The van der Waals surface area contributed by atoms with E-state index in [2.05, 4.69) is 37.2 Å². The summed E-state index contributed by atoms with van der Waals surface area (Å²) in [6.45, 7) is 0.574. The van der Waals surface area contributed by atoms with Crippen LogP contribution >= 0.6 is 31.9 Å². The first-order valence-corrected chi connectivity index (χ1v) is 7.63. The number of para-hydroxylation sites is 1. The molecule has 0 bridgehead atoms. The third-order valence-electron chi connectivity index (χ3n) is 2.88. The van der Waals surface area contributed by atoms with Crippen LogP contribution in [0.2, 0.25) is 0 Å². The molecule has 2 rings (SSSR count). The molecule has 0 fully saturated rings. The van der Waals surface area contributed by atoms with Crippen LogP contribution < -0.4 is 5.32 Å². The SMILES string of the molecule is O=C(O)Cc1ccccc1CNc1c(Br)cccc1Br. The molecule has 0 heterocycles. The molecule has 3 nitrogen and oxygen atoms in total. The lowest BCUT2D eigenvalue weighted by atomic mass is 10.0. The summed E-state index contributed by atoms with van der Waals surface area (Å²) in [4.78, 5) is 10.9. The van der Waals surface area contributed by atoms with Gasteiger partial charge in [-0.1, -0.05) is 30.3 Å². The topological polar surface area (TPSA) is 49.3 Å². The Morgan fingerprint density at radius 1 is 1.00 bits per heavy atom. The Morgan fingerprint density at radius 3 is 2.20 bits per heavy atom. The summed E-state index contributed by atoms with van der Waals surface area (Å²) in [7, 11) is 0. The molecule has 2 aromatic rings. The largest absolute Gasteiger partial charge is 0.481 e. The van der Waals surface area contributed by atoms with E-state index in [-0.39, 0.29) is 6.42 Å². The number of anilines is 1. The molecule has 0 aromatic heterocycles. The fraction of sp³-hybridized carbons (Fsp3) is 0.133. The lowest BCUT2D eigenvalue weighted by Crippen LogP contribution is -2.07. The second-order valence-electron chi connectivity index (χ2n) is 4.29. The van der Waals surface area contributed by atoms with Crippen LogP contribution in [0.25, 0.3) is 0 Å². The number of benzene rings is 2. The average Bonchev–Trinajstić information content (AvgIpc) is 2.39. The van der Waals surface area contributed by atoms with Gasteiger partial charge in [0.2, 0.25) is 0 Å². The van der Waals surface area contributed by atoms with Gasteiger partial charge in [0.1, 0.15) is 0 Å². The van der Waals surface area contributed by atoms with E-state index in [1.807, 2.05) is 42.5 Å². The quantitative estimate of drug-likeness (QED) is 0.782. The normalized spacial score (nSPS) is 10.3. The van der Waals surface area contributed by atoms with Crippen LogP contribution in [0.4, 0.5) is 5.69 Å². The molecule has 0 spiro atoms. The van der Waals surface area contributed by atoms with Crippen LogP contribution in [0.5, 0.6) is 0 Å². The van der Waals surface area contributed by atoms with Crippen molar-refractivity contribution >= 4 is 43.5 Å². The van der Waals surface area contributed by atoms with Gasteiger partial charge in [0.15, 0.2) is 0 Å². The molecule has 0 aliphatic heterocycles. The number of hydrogen-bond acceptors (Lipinski definition) is 2. The van der Waals surface area contributed by atoms with Crippen molar-refractivity contribution in [3.8, 4) is 0 Å². The number of carboxylic acids is 1. The highest BCUT2D eigenvalue weighted by molar-refractivity contribution is 9.11. The van der Waals surface area contributed by atoms with E-state index < -0.39 is 5.97 Å². The smallest absolute Gasteiger partial charge is 0.307 e. The van der Waals surface area contributed by atoms with Crippen molar-refractivity contribution < 1.29 is 9.90 Å². The maximum atomic E-state index is 10.9. The van der Waals surface area contributed by atoms with E-state index in [4.69, 9.17) is 5.11 Å². The van der Waals surface area contributed by atoms with E-state index in [9.17, 15) is 4.79 Å². The van der Waals surface area contributed by atoms with Gasteiger partial charge in [-0.25, -0.2) is 0 Å². The van der Waals surface area contributed by atoms with Crippen molar-refractivity contribution in [2.24, 2.45) is 0 Å². The molecular formula is C15H13Br2NO2. The van der Waals surface area contributed by atoms with E-state index in [0.29, 0.717) is 6.54 Å². The summed E-state index contributed by atoms with van der Waals surface area (Å²) >= 11 is 6.99. The van der Waals surface area contributed by atoms with E-state index >= 15 is 0 Å². The number of aliphatic carboxylic acids is 1. The molecule has 2 N–H and O–H groups in total. The number of nitrogens with one attached hydrogen (secondary N) is 1. The lowest BCUT2D eigenvalue weighted by Gasteiger charge is -2.13.